The Kier molecular flexibility index (Phi) is 5.83. The predicted molar refractivity (Wildman–Crippen MR) is 82.8 cm³/mol. The van der Waals surface area contributed by atoms with Crippen molar-refractivity contribution in [3.05, 3.63) is 24.3 Å². The van der Waals surface area contributed by atoms with Crippen molar-refractivity contribution in [3.8, 4) is 0 Å². The Morgan fingerprint density at radius 1 is 1.43 bits per heavy atom. The molecule has 1 aromatic rings. The lowest BCUT2D eigenvalue weighted by Gasteiger charge is -2.27. The molecule has 21 heavy (non-hydrogen) atoms. The van der Waals surface area contributed by atoms with Gasteiger partial charge in [-0.05, 0) is 37.6 Å². The fourth-order valence-electron chi connectivity index (χ4n) is 2.36. The normalized spacial score (nSPS) is 19.6. The van der Waals surface area contributed by atoms with Gasteiger partial charge in [0, 0.05) is 30.0 Å². The van der Waals surface area contributed by atoms with E-state index in [-0.39, 0.29) is 0 Å². The molecule has 116 valence electrons. The van der Waals surface area contributed by atoms with E-state index in [0.29, 0.717) is 17.8 Å². The fraction of sp³-hybridized carbons (Fsp3) is 0.533. The number of amides is 1. The average Bonchev–Trinajstić information content (AvgIpc) is 2.50. The molecule has 0 radical (unpaired) electrons. The van der Waals surface area contributed by atoms with Crippen LogP contribution in [-0.4, -0.2) is 45.0 Å². The first kappa shape index (κ1) is 15.6. The Morgan fingerprint density at radius 3 is 2.76 bits per heavy atom. The van der Waals surface area contributed by atoms with Crippen molar-refractivity contribution < 1.29 is 14.3 Å². The van der Waals surface area contributed by atoms with Gasteiger partial charge in [-0.1, -0.05) is 0 Å². The molecule has 1 heterocycles. The number of morpholine rings is 1. The molecule has 6 nitrogen and oxygen atoms in total. The minimum absolute atomic E-state index is 0.337. The number of carbonyl (C=O) groups is 1. The summed E-state index contributed by atoms with van der Waals surface area (Å²) in [6.07, 6.45) is 0.537. The van der Waals surface area contributed by atoms with Gasteiger partial charge in [0.1, 0.15) is 0 Å². The van der Waals surface area contributed by atoms with E-state index in [1.807, 2.05) is 24.3 Å². The molecule has 2 rings (SSSR count). The molecule has 0 saturated carbocycles. The van der Waals surface area contributed by atoms with Crippen LogP contribution in [0.5, 0.6) is 0 Å². The van der Waals surface area contributed by atoms with Crippen LogP contribution in [-0.2, 0) is 9.47 Å². The van der Waals surface area contributed by atoms with Crippen LogP contribution in [0.25, 0.3) is 0 Å². The predicted octanol–water partition coefficient (Wildman–Crippen LogP) is 2.04. The van der Waals surface area contributed by atoms with Gasteiger partial charge in [0.15, 0.2) is 0 Å². The van der Waals surface area contributed by atoms with Crippen LogP contribution in [0, 0.1) is 0 Å². The van der Waals surface area contributed by atoms with Gasteiger partial charge in [0.05, 0.1) is 20.3 Å². The van der Waals surface area contributed by atoms with E-state index in [1.54, 1.807) is 0 Å². The maximum absolute atomic E-state index is 11.1. The summed E-state index contributed by atoms with van der Waals surface area (Å²) in [5.74, 6) is 0. The summed E-state index contributed by atoms with van der Waals surface area (Å²) in [4.78, 5) is 11.1. The lowest BCUT2D eigenvalue weighted by molar-refractivity contribution is 0.0731. The molecule has 0 spiro atoms. The highest BCUT2D eigenvalue weighted by Crippen LogP contribution is 2.16. The monoisotopic (exact) mass is 293 g/mol. The van der Waals surface area contributed by atoms with Crippen LogP contribution >= 0.6 is 0 Å². The second-order valence-electron chi connectivity index (χ2n) is 5.20. The van der Waals surface area contributed by atoms with Gasteiger partial charge >= 0.3 is 6.09 Å². The smallest absolute Gasteiger partial charge is 0.411 e. The summed E-state index contributed by atoms with van der Waals surface area (Å²) in [5, 5.41) is 9.51. The van der Waals surface area contributed by atoms with E-state index in [0.717, 1.165) is 31.9 Å². The maximum atomic E-state index is 11.1. The zero-order valence-corrected chi connectivity index (χ0v) is 12.5. The summed E-state index contributed by atoms with van der Waals surface area (Å²) in [6.45, 7) is 4.64. The van der Waals surface area contributed by atoms with E-state index < -0.39 is 6.09 Å². The molecule has 2 unspecified atom stereocenters. The Morgan fingerprint density at radius 2 is 2.14 bits per heavy atom. The second-order valence-corrected chi connectivity index (χ2v) is 5.20. The summed E-state index contributed by atoms with van der Waals surface area (Å²) in [5.41, 5.74) is 1.73. The van der Waals surface area contributed by atoms with Crippen molar-refractivity contribution in [2.45, 2.75) is 25.4 Å². The van der Waals surface area contributed by atoms with Crippen molar-refractivity contribution >= 4 is 17.5 Å². The first-order chi connectivity index (χ1) is 10.2. The molecule has 1 aliphatic rings. The zero-order chi connectivity index (χ0) is 15.1. The summed E-state index contributed by atoms with van der Waals surface area (Å²) >= 11 is 0. The van der Waals surface area contributed by atoms with Crippen LogP contribution in [0.15, 0.2) is 24.3 Å². The third kappa shape index (κ3) is 5.24. The number of hydrogen-bond donors (Lipinski definition) is 3. The molecule has 3 N–H and O–H groups in total. The van der Waals surface area contributed by atoms with Gasteiger partial charge in [0.25, 0.3) is 0 Å². The second kappa shape index (κ2) is 7.85. The molecule has 1 amide bonds. The Bertz CT molecular complexity index is 444. The quantitative estimate of drug-likeness (QED) is 0.775. The van der Waals surface area contributed by atoms with Crippen LogP contribution in [0.3, 0.4) is 0 Å². The third-order valence-corrected chi connectivity index (χ3v) is 3.37. The van der Waals surface area contributed by atoms with E-state index in [1.165, 1.54) is 7.11 Å². The highest BCUT2D eigenvalue weighted by molar-refractivity contribution is 5.84. The number of anilines is 2. The average molecular weight is 293 g/mol. The molecular formula is C15H23N3O3. The Balaban J connectivity index is 1.80. The van der Waals surface area contributed by atoms with Crippen LogP contribution < -0.4 is 16.0 Å². The number of ether oxygens (including phenoxy) is 2. The largest absolute Gasteiger partial charge is 0.453 e. The molecule has 6 heteroatoms. The number of benzene rings is 1. The Labute approximate surface area is 125 Å². The van der Waals surface area contributed by atoms with E-state index in [9.17, 15) is 4.79 Å². The molecule has 0 bridgehead atoms. The van der Waals surface area contributed by atoms with Crippen molar-refractivity contribution in [1.82, 2.24) is 5.32 Å². The van der Waals surface area contributed by atoms with Gasteiger partial charge in [-0.3, -0.25) is 5.32 Å². The fourth-order valence-corrected chi connectivity index (χ4v) is 2.36. The first-order valence-electron chi connectivity index (χ1n) is 7.20. The summed E-state index contributed by atoms with van der Waals surface area (Å²) in [7, 11) is 1.34. The first-order valence-corrected chi connectivity index (χ1v) is 7.20. The number of hydrogen-bond acceptors (Lipinski definition) is 5. The Hall–Kier alpha value is -1.79. The minimum Gasteiger partial charge on any atom is -0.453 e. The standard InChI is InChI=1S/C15H23N3O3/c1-11(9-14-10-21-8-7-16-14)17-12-3-5-13(6-4-12)18-15(19)20-2/h3-6,11,14,16-17H,7-10H2,1-2H3,(H,18,19). The summed E-state index contributed by atoms with van der Waals surface area (Å²) < 4.78 is 10.0. The van der Waals surface area contributed by atoms with Crippen molar-refractivity contribution in [3.63, 3.8) is 0 Å². The molecular weight excluding hydrogens is 270 g/mol. The molecule has 1 fully saturated rings. The minimum atomic E-state index is -0.465. The zero-order valence-electron chi connectivity index (χ0n) is 12.5. The van der Waals surface area contributed by atoms with E-state index in [2.05, 4.69) is 27.6 Å². The molecule has 1 saturated heterocycles. The van der Waals surface area contributed by atoms with E-state index >= 15 is 0 Å². The van der Waals surface area contributed by atoms with Crippen molar-refractivity contribution in [2.24, 2.45) is 0 Å². The molecule has 2 atom stereocenters. The molecule has 0 aromatic heterocycles. The number of nitrogens with one attached hydrogen (secondary N) is 3. The van der Waals surface area contributed by atoms with Crippen LogP contribution in [0.4, 0.5) is 16.2 Å². The van der Waals surface area contributed by atoms with Crippen molar-refractivity contribution in [1.29, 1.82) is 0 Å². The lowest BCUT2D eigenvalue weighted by Crippen LogP contribution is -2.43. The van der Waals surface area contributed by atoms with Gasteiger partial charge in [-0.25, -0.2) is 4.79 Å². The van der Waals surface area contributed by atoms with Gasteiger partial charge in [0.2, 0.25) is 0 Å². The molecule has 1 aromatic carbocycles. The number of rotatable bonds is 5. The number of carbonyl (C=O) groups excluding carboxylic acids is 1. The highest BCUT2D eigenvalue weighted by atomic mass is 16.5. The van der Waals surface area contributed by atoms with Crippen molar-refractivity contribution in [2.75, 3.05) is 37.5 Å². The molecule has 0 aliphatic carbocycles. The van der Waals surface area contributed by atoms with Crippen LogP contribution in [0.2, 0.25) is 0 Å². The summed E-state index contributed by atoms with van der Waals surface area (Å²) in [6, 6.07) is 8.30. The third-order valence-electron chi connectivity index (χ3n) is 3.37. The van der Waals surface area contributed by atoms with E-state index in [4.69, 9.17) is 4.74 Å². The lowest BCUT2D eigenvalue weighted by atomic mass is 10.1. The highest BCUT2D eigenvalue weighted by Gasteiger charge is 2.16. The maximum Gasteiger partial charge on any atom is 0.411 e. The SMILES string of the molecule is COC(=O)Nc1ccc(NC(C)CC2COCCN2)cc1. The van der Waals surface area contributed by atoms with Crippen LogP contribution in [0.1, 0.15) is 13.3 Å². The van der Waals surface area contributed by atoms with Gasteiger partial charge in [-0.15, -0.1) is 0 Å². The van der Waals surface area contributed by atoms with Gasteiger partial charge in [-0.2, -0.15) is 0 Å². The van der Waals surface area contributed by atoms with Gasteiger partial charge < -0.3 is 20.1 Å². The number of methoxy groups -OCH3 is 1. The molecule has 1 aliphatic heterocycles. The topological polar surface area (TPSA) is 71.6 Å².